The Labute approximate surface area is 155 Å². The van der Waals surface area contributed by atoms with Crippen LogP contribution < -0.4 is 14.8 Å². The van der Waals surface area contributed by atoms with Gasteiger partial charge in [0.25, 0.3) is 5.91 Å². The summed E-state index contributed by atoms with van der Waals surface area (Å²) in [5.74, 6) is -0.220. The molecule has 0 heterocycles. The highest BCUT2D eigenvalue weighted by atomic mass is 16.6. The summed E-state index contributed by atoms with van der Waals surface area (Å²) in [4.78, 5) is 36.2. The van der Waals surface area contributed by atoms with Gasteiger partial charge in [0.15, 0.2) is 5.75 Å². The molecule has 2 rings (SSSR count). The van der Waals surface area contributed by atoms with Crippen molar-refractivity contribution in [3.8, 4) is 11.5 Å². The molecule has 142 valence electrons. The van der Waals surface area contributed by atoms with Crippen molar-refractivity contribution in [2.24, 2.45) is 0 Å². The van der Waals surface area contributed by atoms with E-state index in [1.165, 1.54) is 38.3 Å². The lowest BCUT2D eigenvalue weighted by Gasteiger charge is -2.17. The number of nitrogens with one attached hydrogen (secondary N) is 1. The lowest BCUT2D eigenvalue weighted by molar-refractivity contribution is -0.385. The molecule has 2 aromatic rings. The Hall–Kier alpha value is -3.62. The third kappa shape index (κ3) is 4.94. The molecule has 2 amide bonds. The Morgan fingerprint density at radius 3 is 2.33 bits per heavy atom. The van der Waals surface area contributed by atoms with E-state index in [1.807, 2.05) is 0 Å². The molecule has 0 saturated carbocycles. The summed E-state index contributed by atoms with van der Waals surface area (Å²) in [5.41, 5.74) is 0.323. The Balaban J connectivity index is 2.05. The zero-order valence-corrected chi connectivity index (χ0v) is 15.1. The molecule has 0 aliphatic heterocycles. The van der Waals surface area contributed by atoms with Crippen molar-refractivity contribution >= 4 is 23.2 Å². The highest BCUT2D eigenvalue weighted by Gasteiger charge is 2.21. The van der Waals surface area contributed by atoms with Crippen molar-refractivity contribution in [3.63, 3.8) is 0 Å². The third-order valence-corrected chi connectivity index (χ3v) is 3.72. The van der Waals surface area contributed by atoms with Gasteiger partial charge in [-0.2, -0.15) is 0 Å². The van der Waals surface area contributed by atoms with E-state index in [1.54, 1.807) is 24.3 Å². The second-order valence-electron chi connectivity index (χ2n) is 5.58. The molecule has 0 unspecified atom stereocenters. The van der Waals surface area contributed by atoms with Gasteiger partial charge in [0.1, 0.15) is 5.75 Å². The molecule has 0 radical (unpaired) electrons. The van der Waals surface area contributed by atoms with Gasteiger partial charge < -0.3 is 19.7 Å². The Bertz CT molecular complexity index is 851. The van der Waals surface area contributed by atoms with Crippen LogP contribution in [0, 0.1) is 10.1 Å². The van der Waals surface area contributed by atoms with E-state index < -0.39 is 16.7 Å². The summed E-state index contributed by atoms with van der Waals surface area (Å²) in [5, 5.41) is 13.7. The van der Waals surface area contributed by atoms with Gasteiger partial charge in [0.2, 0.25) is 5.91 Å². The van der Waals surface area contributed by atoms with Crippen molar-refractivity contribution in [3.05, 3.63) is 58.1 Å². The van der Waals surface area contributed by atoms with Gasteiger partial charge in [-0.15, -0.1) is 0 Å². The number of carbonyl (C=O) groups excluding carboxylic acids is 2. The van der Waals surface area contributed by atoms with E-state index in [2.05, 4.69) is 5.32 Å². The van der Waals surface area contributed by atoms with Gasteiger partial charge in [0, 0.05) is 24.4 Å². The molecule has 0 bridgehead atoms. The van der Waals surface area contributed by atoms with Gasteiger partial charge in [-0.25, -0.2) is 0 Å². The predicted molar refractivity (Wildman–Crippen MR) is 98.2 cm³/mol. The molecule has 1 N–H and O–H groups in total. The Morgan fingerprint density at radius 1 is 1.11 bits per heavy atom. The second-order valence-corrected chi connectivity index (χ2v) is 5.58. The number of methoxy groups -OCH3 is 2. The first-order chi connectivity index (χ1) is 12.8. The van der Waals surface area contributed by atoms with E-state index in [9.17, 15) is 19.7 Å². The number of ether oxygens (including phenoxy) is 2. The number of nitro groups is 1. The van der Waals surface area contributed by atoms with Crippen LogP contribution >= 0.6 is 0 Å². The van der Waals surface area contributed by atoms with Crippen molar-refractivity contribution in [2.45, 2.75) is 0 Å². The van der Waals surface area contributed by atoms with Crippen LogP contribution in [0.25, 0.3) is 0 Å². The summed E-state index contributed by atoms with van der Waals surface area (Å²) in [7, 11) is 4.28. The lowest BCUT2D eigenvalue weighted by atomic mass is 10.1. The maximum absolute atomic E-state index is 12.5. The molecule has 0 atom stereocenters. The van der Waals surface area contributed by atoms with Crippen LogP contribution in [-0.2, 0) is 4.79 Å². The predicted octanol–water partition coefficient (Wildman–Crippen LogP) is 2.32. The number of nitro benzene ring substituents is 1. The fourth-order valence-electron chi connectivity index (χ4n) is 2.35. The number of carbonyl (C=O) groups is 2. The van der Waals surface area contributed by atoms with Crippen molar-refractivity contribution in [1.82, 2.24) is 4.90 Å². The van der Waals surface area contributed by atoms with E-state index in [0.717, 1.165) is 6.07 Å². The van der Waals surface area contributed by atoms with Crippen LogP contribution in [0.1, 0.15) is 10.4 Å². The van der Waals surface area contributed by atoms with Gasteiger partial charge in [-0.05, 0) is 36.4 Å². The van der Waals surface area contributed by atoms with E-state index in [4.69, 9.17) is 9.47 Å². The Morgan fingerprint density at radius 2 is 1.78 bits per heavy atom. The van der Waals surface area contributed by atoms with Gasteiger partial charge in [-0.1, -0.05) is 0 Å². The average molecular weight is 373 g/mol. The zero-order valence-electron chi connectivity index (χ0n) is 15.1. The minimum absolute atomic E-state index is 0.0523. The van der Waals surface area contributed by atoms with Crippen LogP contribution in [0.4, 0.5) is 11.4 Å². The fraction of sp³-hybridized carbons (Fsp3) is 0.222. The lowest BCUT2D eigenvalue weighted by Crippen LogP contribution is -2.34. The average Bonchev–Trinajstić information content (AvgIpc) is 2.67. The van der Waals surface area contributed by atoms with E-state index >= 15 is 0 Å². The summed E-state index contributed by atoms with van der Waals surface area (Å²) < 4.78 is 9.95. The summed E-state index contributed by atoms with van der Waals surface area (Å²) in [6.45, 7) is -0.218. The van der Waals surface area contributed by atoms with Crippen LogP contribution in [0.5, 0.6) is 11.5 Å². The largest absolute Gasteiger partial charge is 0.497 e. The third-order valence-electron chi connectivity index (χ3n) is 3.72. The maximum Gasteiger partial charge on any atom is 0.311 e. The van der Waals surface area contributed by atoms with Gasteiger partial charge >= 0.3 is 5.69 Å². The SMILES string of the molecule is COc1ccc(NC(=O)CN(C)C(=O)c2ccc(OC)c([N+](=O)[O-])c2)cc1. The first-order valence-corrected chi connectivity index (χ1v) is 7.87. The van der Waals surface area contributed by atoms with E-state index in [-0.39, 0.29) is 23.5 Å². The fourth-order valence-corrected chi connectivity index (χ4v) is 2.35. The van der Waals surface area contributed by atoms with E-state index in [0.29, 0.717) is 11.4 Å². The molecule has 0 fully saturated rings. The number of hydrogen-bond acceptors (Lipinski definition) is 6. The smallest absolute Gasteiger partial charge is 0.311 e. The summed E-state index contributed by atoms with van der Waals surface area (Å²) >= 11 is 0. The quantitative estimate of drug-likeness (QED) is 0.589. The molecule has 0 saturated heterocycles. The number of amides is 2. The maximum atomic E-state index is 12.5. The van der Waals surface area contributed by atoms with Crippen molar-refractivity contribution in [2.75, 3.05) is 33.1 Å². The standard InChI is InChI=1S/C18H19N3O6/c1-20(11-17(22)19-13-5-7-14(26-2)8-6-13)18(23)12-4-9-16(27-3)15(10-12)21(24)25/h4-10H,11H2,1-3H3,(H,19,22). The highest BCUT2D eigenvalue weighted by molar-refractivity contribution is 5.99. The minimum Gasteiger partial charge on any atom is -0.497 e. The molecule has 0 aliphatic rings. The monoisotopic (exact) mass is 373 g/mol. The van der Waals surface area contributed by atoms with Gasteiger partial charge in [-0.3, -0.25) is 19.7 Å². The number of benzene rings is 2. The number of likely N-dealkylation sites (N-methyl/N-ethyl adjacent to an activating group) is 1. The molecule has 0 aromatic heterocycles. The van der Waals surface area contributed by atoms with Crippen LogP contribution in [0.15, 0.2) is 42.5 Å². The van der Waals surface area contributed by atoms with Crippen molar-refractivity contribution < 1.29 is 24.0 Å². The molecule has 27 heavy (non-hydrogen) atoms. The first kappa shape index (κ1) is 19.7. The number of rotatable bonds is 7. The molecule has 9 heteroatoms. The van der Waals surface area contributed by atoms with Gasteiger partial charge in [0.05, 0.1) is 25.7 Å². The molecule has 2 aromatic carbocycles. The molecular formula is C18H19N3O6. The molecule has 9 nitrogen and oxygen atoms in total. The topological polar surface area (TPSA) is 111 Å². The first-order valence-electron chi connectivity index (χ1n) is 7.87. The molecular weight excluding hydrogens is 354 g/mol. The summed E-state index contributed by atoms with van der Waals surface area (Å²) in [6.07, 6.45) is 0. The molecule has 0 aliphatic carbocycles. The second kappa shape index (κ2) is 8.65. The number of anilines is 1. The van der Waals surface area contributed by atoms with Crippen LogP contribution in [0.3, 0.4) is 0 Å². The normalized spacial score (nSPS) is 10.0. The molecule has 0 spiro atoms. The Kier molecular flexibility index (Phi) is 6.32. The summed E-state index contributed by atoms with van der Waals surface area (Å²) in [6, 6.07) is 10.6. The zero-order chi connectivity index (χ0) is 20.0. The highest BCUT2D eigenvalue weighted by Crippen LogP contribution is 2.27. The number of nitrogens with zero attached hydrogens (tertiary/aromatic N) is 2. The van der Waals surface area contributed by atoms with Crippen molar-refractivity contribution in [1.29, 1.82) is 0 Å². The minimum atomic E-state index is -0.633. The van der Waals surface area contributed by atoms with Crippen LogP contribution in [0.2, 0.25) is 0 Å². The number of hydrogen-bond donors (Lipinski definition) is 1. The van der Waals surface area contributed by atoms with Crippen LogP contribution in [-0.4, -0.2) is 49.4 Å².